The molecule has 0 radical (unpaired) electrons. The minimum absolute atomic E-state index is 0.158. The van der Waals surface area contributed by atoms with E-state index in [1.807, 2.05) is 0 Å². The average Bonchev–Trinajstić information content (AvgIpc) is 1.79. The summed E-state index contributed by atoms with van der Waals surface area (Å²) in [7, 11) is 0. The molecule has 0 saturated carbocycles. The summed E-state index contributed by atoms with van der Waals surface area (Å²) in [5.41, 5.74) is 1.33. The first-order valence-electron chi connectivity index (χ1n) is 3.25. The van der Waals surface area contributed by atoms with Crippen LogP contribution in [-0.2, 0) is 0 Å². The largest absolute Gasteiger partial charge is 0.0807 e. The maximum Gasteiger partial charge on any atom is 0.0457 e. The van der Waals surface area contributed by atoms with Gasteiger partial charge in [0.15, 0.2) is 0 Å². The maximum absolute atomic E-state index is 3.61. The summed E-state index contributed by atoms with van der Waals surface area (Å²) in [6, 6.07) is 0. The second kappa shape index (κ2) is 2.82. The van der Waals surface area contributed by atoms with Gasteiger partial charge in [-0.2, -0.15) is 0 Å². The normalized spacial score (nSPS) is 33.2. The third-order valence-corrected chi connectivity index (χ3v) is 3.06. The highest BCUT2D eigenvalue weighted by Crippen LogP contribution is 2.35. The van der Waals surface area contributed by atoms with Crippen molar-refractivity contribution in [3.63, 3.8) is 0 Å². The van der Waals surface area contributed by atoms with Crippen molar-refractivity contribution in [2.75, 3.05) is 0 Å². The lowest BCUT2D eigenvalue weighted by molar-refractivity contribution is 0.802. The number of allylic oxidation sites excluding steroid dienone is 4. The molecule has 2 heteroatoms. The Morgan fingerprint density at radius 1 is 1.60 bits per heavy atom. The molecular formula is C8H10Br2. The van der Waals surface area contributed by atoms with Gasteiger partial charge in [-0.1, -0.05) is 44.0 Å². The molecule has 1 aliphatic carbocycles. The zero-order valence-corrected chi connectivity index (χ0v) is 9.29. The Morgan fingerprint density at radius 3 is 2.60 bits per heavy atom. The van der Waals surface area contributed by atoms with Gasteiger partial charge >= 0.3 is 0 Å². The second-order valence-electron chi connectivity index (χ2n) is 2.88. The van der Waals surface area contributed by atoms with Crippen molar-refractivity contribution in [2.45, 2.75) is 24.6 Å². The first-order valence-corrected chi connectivity index (χ1v) is 4.83. The summed E-state index contributed by atoms with van der Waals surface area (Å²) in [6.07, 6.45) is 5.38. The Morgan fingerprint density at radius 2 is 2.20 bits per heavy atom. The van der Waals surface area contributed by atoms with Gasteiger partial charge in [-0.3, -0.25) is 0 Å². The van der Waals surface area contributed by atoms with Crippen molar-refractivity contribution < 1.29 is 0 Å². The number of alkyl halides is 1. The molecule has 1 rings (SSSR count). The van der Waals surface area contributed by atoms with Crippen LogP contribution in [0, 0.1) is 0 Å². The summed E-state index contributed by atoms with van der Waals surface area (Å²) < 4.78 is 1.46. The van der Waals surface area contributed by atoms with Crippen LogP contribution in [0.5, 0.6) is 0 Å². The molecule has 1 atom stereocenters. The van der Waals surface area contributed by atoms with Crippen LogP contribution >= 0.6 is 31.9 Å². The van der Waals surface area contributed by atoms with E-state index in [2.05, 4.69) is 57.9 Å². The monoisotopic (exact) mass is 264 g/mol. The summed E-state index contributed by atoms with van der Waals surface area (Å²) in [5.74, 6) is 0. The second-order valence-corrected chi connectivity index (χ2v) is 5.64. The summed E-state index contributed by atoms with van der Waals surface area (Å²) >= 11 is 7.14. The molecule has 0 bridgehead atoms. The molecular weight excluding hydrogens is 256 g/mol. The fourth-order valence-electron chi connectivity index (χ4n) is 0.891. The van der Waals surface area contributed by atoms with Crippen LogP contribution in [0.1, 0.15) is 20.3 Å². The van der Waals surface area contributed by atoms with Gasteiger partial charge in [-0.05, 0) is 30.3 Å². The van der Waals surface area contributed by atoms with Crippen LogP contribution in [0.15, 0.2) is 22.2 Å². The Kier molecular flexibility index (Phi) is 2.41. The summed E-state index contributed by atoms with van der Waals surface area (Å²) in [5, 5.41) is 0. The van der Waals surface area contributed by atoms with Crippen LogP contribution in [0.3, 0.4) is 0 Å². The first-order chi connectivity index (χ1) is 4.51. The minimum Gasteiger partial charge on any atom is -0.0807 e. The zero-order valence-electron chi connectivity index (χ0n) is 6.12. The maximum atomic E-state index is 3.61. The number of hydrogen-bond donors (Lipinski definition) is 0. The van der Waals surface area contributed by atoms with Gasteiger partial charge in [0.1, 0.15) is 0 Å². The molecule has 0 aliphatic heterocycles. The highest BCUT2D eigenvalue weighted by atomic mass is 79.9. The van der Waals surface area contributed by atoms with E-state index in [0.717, 1.165) is 6.42 Å². The van der Waals surface area contributed by atoms with Crippen LogP contribution in [-0.4, -0.2) is 4.32 Å². The molecule has 0 nitrogen and oxygen atoms in total. The van der Waals surface area contributed by atoms with E-state index >= 15 is 0 Å². The smallest absolute Gasteiger partial charge is 0.0457 e. The van der Waals surface area contributed by atoms with Gasteiger partial charge < -0.3 is 0 Å². The van der Waals surface area contributed by atoms with Gasteiger partial charge in [0.25, 0.3) is 0 Å². The van der Waals surface area contributed by atoms with E-state index in [4.69, 9.17) is 0 Å². The molecule has 0 fully saturated rings. The molecule has 0 spiro atoms. The predicted molar refractivity (Wildman–Crippen MR) is 52.7 cm³/mol. The fraction of sp³-hybridized carbons (Fsp3) is 0.500. The van der Waals surface area contributed by atoms with E-state index in [1.54, 1.807) is 0 Å². The quantitative estimate of drug-likeness (QED) is 0.585. The van der Waals surface area contributed by atoms with Crippen LogP contribution in [0.25, 0.3) is 0 Å². The van der Waals surface area contributed by atoms with Crippen molar-refractivity contribution >= 4 is 31.9 Å². The lowest BCUT2D eigenvalue weighted by Gasteiger charge is -2.22. The van der Waals surface area contributed by atoms with Crippen molar-refractivity contribution in [3.8, 4) is 0 Å². The molecule has 1 unspecified atom stereocenters. The van der Waals surface area contributed by atoms with Crippen molar-refractivity contribution in [2.24, 2.45) is 0 Å². The molecule has 1 aliphatic rings. The highest BCUT2D eigenvalue weighted by molar-refractivity contribution is 9.12. The third-order valence-electron chi connectivity index (χ3n) is 1.61. The van der Waals surface area contributed by atoms with Gasteiger partial charge in [0.05, 0.1) is 0 Å². The molecule has 10 heavy (non-hydrogen) atoms. The molecule has 0 aromatic carbocycles. The summed E-state index contributed by atoms with van der Waals surface area (Å²) in [6.45, 7) is 4.28. The molecule has 56 valence electrons. The zero-order chi connectivity index (χ0) is 7.78. The van der Waals surface area contributed by atoms with E-state index in [1.165, 1.54) is 10.1 Å². The van der Waals surface area contributed by atoms with Crippen molar-refractivity contribution in [1.29, 1.82) is 0 Å². The van der Waals surface area contributed by atoms with Crippen LogP contribution < -0.4 is 0 Å². The van der Waals surface area contributed by atoms with E-state index in [9.17, 15) is 0 Å². The SMILES string of the molecule is CC1=C(Br)CC(C)(Br)C=C1. The Bertz CT molecular complexity index is 199. The van der Waals surface area contributed by atoms with E-state index in [-0.39, 0.29) is 4.32 Å². The molecule has 0 N–H and O–H groups in total. The molecule has 0 aromatic heterocycles. The highest BCUT2D eigenvalue weighted by Gasteiger charge is 2.21. The van der Waals surface area contributed by atoms with Gasteiger partial charge in [0.2, 0.25) is 0 Å². The Hall–Kier alpha value is 0.440. The van der Waals surface area contributed by atoms with Gasteiger partial charge in [0, 0.05) is 4.32 Å². The van der Waals surface area contributed by atoms with Crippen molar-refractivity contribution in [1.82, 2.24) is 0 Å². The molecule has 0 saturated heterocycles. The number of rotatable bonds is 0. The first kappa shape index (κ1) is 8.54. The van der Waals surface area contributed by atoms with Gasteiger partial charge in [-0.25, -0.2) is 0 Å². The lowest BCUT2D eigenvalue weighted by atomic mass is 9.99. The Labute approximate surface area is 78.6 Å². The van der Waals surface area contributed by atoms with Gasteiger partial charge in [-0.15, -0.1) is 0 Å². The topological polar surface area (TPSA) is 0 Å². The van der Waals surface area contributed by atoms with Crippen LogP contribution in [0.4, 0.5) is 0 Å². The molecule has 0 aromatic rings. The average molecular weight is 266 g/mol. The molecule has 0 amide bonds. The summed E-state index contributed by atoms with van der Waals surface area (Å²) in [4.78, 5) is 0. The third kappa shape index (κ3) is 1.96. The van der Waals surface area contributed by atoms with E-state index < -0.39 is 0 Å². The van der Waals surface area contributed by atoms with Crippen LogP contribution in [0.2, 0.25) is 0 Å². The molecule has 0 heterocycles. The fourth-order valence-corrected chi connectivity index (χ4v) is 2.39. The number of halogens is 2. The number of hydrogen-bond acceptors (Lipinski definition) is 0. The van der Waals surface area contributed by atoms with Crippen molar-refractivity contribution in [3.05, 3.63) is 22.2 Å². The van der Waals surface area contributed by atoms with E-state index in [0.29, 0.717) is 0 Å². The predicted octanol–water partition coefficient (Wildman–Crippen LogP) is 3.77. The lowest BCUT2D eigenvalue weighted by Crippen LogP contribution is -2.14. The minimum atomic E-state index is 0.158. The standard InChI is InChI=1S/C8H10Br2/c1-6-3-4-8(2,10)5-7(6)9/h3-4H,5H2,1-2H3. The Balaban J connectivity index is 2.85.